The summed E-state index contributed by atoms with van der Waals surface area (Å²) in [6, 6.07) is 13.8. The zero-order valence-corrected chi connectivity index (χ0v) is 13.4. The van der Waals surface area contributed by atoms with Crippen molar-refractivity contribution in [2.24, 2.45) is 0 Å². The number of hydrogen-bond donors (Lipinski definition) is 1. The lowest BCUT2D eigenvalue weighted by molar-refractivity contribution is 0.254. The van der Waals surface area contributed by atoms with E-state index < -0.39 is 0 Å². The standard InChI is InChI=1S/C18H17FN2OS/c19-13-7-9-14(10-8-13)20-17(22)21-15-5-1-2-6-16(15)23-18(21)11-3-4-12-18/h1-2,5-10H,3-4,11-12H2,(H,20,22). The molecule has 0 radical (unpaired) electrons. The fraction of sp³-hybridized carbons (Fsp3) is 0.278. The second kappa shape index (κ2) is 5.57. The monoisotopic (exact) mass is 328 g/mol. The summed E-state index contributed by atoms with van der Waals surface area (Å²) in [4.78, 5) is 15.8. The highest BCUT2D eigenvalue weighted by atomic mass is 32.2. The molecule has 23 heavy (non-hydrogen) atoms. The summed E-state index contributed by atoms with van der Waals surface area (Å²) >= 11 is 1.80. The van der Waals surface area contributed by atoms with Crippen molar-refractivity contribution in [1.29, 1.82) is 0 Å². The van der Waals surface area contributed by atoms with Crippen LogP contribution in [0.25, 0.3) is 0 Å². The molecule has 1 aliphatic heterocycles. The lowest BCUT2D eigenvalue weighted by atomic mass is 10.2. The van der Waals surface area contributed by atoms with Gasteiger partial charge in [0.1, 0.15) is 10.7 Å². The number of rotatable bonds is 1. The van der Waals surface area contributed by atoms with Gasteiger partial charge in [0.2, 0.25) is 0 Å². The molecule has 1 N–H and O–H groups in total. The first-order valence-corrected chi connectivity index (χ1v) is 8.64. The number of amides is 2. The number of benzene rings is 2. The van der Waals surface area contributed by atoms with E-state index in [0.717, 1.165) is 36.3 Å². The van der Waals surface area contributed by atoms with Crippen molar-refractivity contribution in [3.8, 4) is 0 Å². The molecule has 0 atom stereocenters. The SMILES string of the molecule is O=C(Nc1ccc(F)cc1)N1c2ccccc2SC12CCCC2. The fourth-order valence-electron chi connectivity index (χ4n) is 3.46. The van der Waals surface area contributed by atoms with E-state index in [4.69, 9.17) is 0 Å². The first-order chi connectivity index (χ1) is 11.2. The number of anilines is 2. The maximum absolute atomic E-state index is 13.0. The van der Waals surface area contributed by atoms with Crippen molar-refractivity contribution in [3.63, 3.8) is 0 Å². The number of fused-ring (bicyclic) bond motifs is 1. The predicted molar refractivity (Wildman–Crippen MR) is 91.4 cm³/mol. The van der Waals surface area contributed by atoms with Crippen LogP contribution in [0.5, 0.6) is 0 Å². The third-order valence-corrected chi connectivity index (χ3v) is 6.03. The molecule has 2 aliphatic rings. The van der Waals surface area contributed by atoms with E-state index in [0.29, 0.717) is 5.69 Å². The summed E-state index contributed by atoms with van der Waals surface area (Å²) in [6.45, 7) is 0. The number of nitrogens with one attached hydrogen (secondary N) is 1. The summed E-state index contributed by atoms with van der Waals surface area (Å²) in [5.41, 5.74) is 1.58. The summed E-state index contributed by atoms with van der Waals surface area (Å²) in [7, 11) is 0. The molecule has 118 valence electrons. The number of nitrogens with zero attached hydrogens (tertiary/aromatic N) is 1. The maximum atomic E-state index is 13.0. The third kappa shape index (κ3) is 2.49. The summed E-state index contributed by atoms with van der Waals surface area (Å²) in [5, 5.41) is 2.91. The first kappa shape index (κ1) is 14.6. The Balaban J connectivity index is 1.66. The molecular formula is C18H17FN2OS. The number of hydrogen-bond acceptors (Lipinski definition) is 2. The average Bonchev–Trinajstić information content (AvgIpc) is 3.14. The van der Waals surface area contributed by atoms with E-state index in [9.17, 15) is 9.18 Å². The van der Waals surface area contributed by atoms with Gasteiger partial charge < -0.3 is 5.32 Å². The van der Waals surface area contributed by atoms with Crippen LogP contribution in [0.3, 0.4) is 0 Å². The Bertz CT molecular complexity index is 741. The van der Waals surface area contributed by atoms with Gasteiger partial charge in [0.15, 0.2) is 0 Å². The van der Waals surface area contributed by atoms with Crippen LogP contribution in [0.2, 0.25) is 0 Å². The van der Waals surface area contributed by atoms with Gasteiger partial charge in [-0.25, -0.2) is 9.18 Å². The van der Waals surface area contributed by atoms with E-state index in [1.165, 1.54) is 12.1 Å². The van der Waals surface area contributed by atoms with Crippen LogP contribution in [0, 0.1) is 5.82 Å². The van der Waals surface area contributed by atoms with Crippen molar-refractivity contribution in [1.82, 2.24) is 0 Å². The second-order valence-corrected chi connectivity index (χ2v) is 7.40. The number of carbonyl (C=O) groups is 1. The molecule has 2 aromatic rings. The highest BCUT2D eigenvalue weighted by molar-refractivity contribution is 8.01. The van der Waals surface area contributed by atoms with E-state index in [1.54, 1.807) is 23.9 Å². The fourth-order valence-corrected chi connectivity index (χ4v) is 5.04. The summed E-state index contributed by atoms with van der Waals surface area (Å²) < 4.78 is 13.0. The molecule has 0 bridgehead atoms. The van der Waals surface area contributed by atoms with Crippen LogP contribution in [-0.2, 0) is 0 Å². The average molecular weight is 328 g/mol. The molecule has 2 amide bonds. The molecule has 3 nitrogen and oxygen atoms in total. The molecule has 0 unspecified atom stereocenters. The van der Waals surface area contributed by atoms with Crippen molar-refractivity contribution in [3.05, 3.63) is 54.3 Å². The van der Waals surface area contributed by atoms with Crippen LogP contribution in [0.1, 0.15) is 25.7 Å². The van der Waals surface area contributed by atoms with Crippen LogP contribution >= 0.6 is 11.8 Å². The Labute approximate surface area is 138 Å². The largest absolute Gasteiger partial charge is 0.327 e. The number of halogens is 1. The van der Waals surface area contributed by atoms with Crippen molar-refractivity contribution in [2.45, 2.75) is 35.4 Å². The van der Waals surface area contributed by atoms with Gasteiger partial charge in [-0.3, -0.25) is 4.90 Å². The minimum Gasteiger partial charge on any atom is -0.308 e. The Morgan fingerprint density at radius 2 is 1.78 bits per heavy atom. The molecule has 5 heteroatoms. The van der Waals surface area contributed by atoms with E-state index in [-0.39, 0.29) is 16.7 Å². The highest BCUT2D eigenvalue weighted by Crippen LogP contribution is 2.57. The van der Waals surface area contributed by atoms with Crippen LogP contribution < -0.4 is 10.2 Å². The quantitative estimate of drug-likeness (QED) is 0.776. The van der Waals surface area contributed by atoms with Gasteiger partial charge in [-0.1, -0.05) is 36.7 Å². The van der Waals surface area contributed by atoms with Gasteiger partial charge >= 0.3 is 6.03 Å². The highest BCUT2D eigenvalue weighted by Gasteiger charge is 2.49. The number of thioether (sulfide) groups is 1. The first-order valence-electron chi connectivity index (χ1n) is 7.83. The van der Waals surface area contributed by atoms with Crippen molar-refractivity contribution in [2.75, 3.05) is 10.2 Å². The molecule has 4 rings (SSSR count). The van der Waals surface area contributed by atoms with E-state index >= 15 is 0 Å². The number of carbonyl (C=O) groups excluding carboxylic acids is 1. The van der Waals surface area contributed by atoms with Crippen molar-refractivity contribution < 1.29 is 9.18 Å². The Morgan fingerprint density at radius 3 is 2.52 bits per heavy atom. The van der Waals surface area contributed by atoms with E-state index in [1.807, 2.05) is 23.1 Å². The third-order valence-electron chi connectivity index (χ3n) is 4.50. The zero-order valence-electron chi connectivity index (χ0n) is 12.6. The maximum Gasteiger partial charge on any atom is 0.327 e. The smallest absolute Gasteiger partial charge is 0.308 e. The molecule has 0 saturated heterocycles. The molecule has 1 saturated carbocycles. The van der Waals surface area contributed by atoms with Crippen LogP contribution in [0.15, 0.2) is 53.4 Å². The van der Waals surface area contributed by atoms with Gasteiger partial charge in [0.05, 0.1) is 5.69 Å². The van der Waals surface area contributed by atoms with Gasteiger partial charge in [-0.2, -0.15) is 0 Å². The minimum atomic E-state index is -0.308. The normalized spacial score (nSPS) is 18.2. The molecule has 1 heterocycles. The summed E-state index contributed by atoms with van der Waals surface area (Å²) in [6.07, 6.45) is 4.29. The molecular weight excluding hydrogens is 311 g/mol. The molecule has 1 fully saturated rings. The Kier molecular flexibility index (Phi) is 3.53. The van der Waals surface area contributed by atoms with Gasteiger partial charge in [0, 0.05) is 10.6 Å². The van der Waals surface area contributed by atoms with Crippen LogP contribution in [0.4, 0.5) is 20.6 Å². The predicted octanol–water partition coefficient (Wildman–Crippen LogP) is 5.24. The van der Waals surface area contributed by atoms with Gasteiger partial charge in [-0.15, -0.1) is 0 Å². The minimum absolute atomic E-state index is 0.143. The van der Waals surface area contributed by atoms with Crippen molar-refractivity contribution >= 4 is 29.2 Å². The van der Waals surface area contributed by atoms with E-state index in [2.05, 4.69) is 11.4 Å². The van der Waals surface area contributed by atoms with Crippen LogP contribution in [-0.4, -0.2) is 10.9 Å². The topological polar surface area (TPSA) is 32.3 Å². The Morgan fingerprint density at radius 1 is 1.09 bits per heavy atom. The number of para-hydroxylation sites is 1. The number of urea groups is 1. The Hall–Kier alpha value is -2.01. The lowest BCUT2D eigenvalue weighted by Gasteiger charge is -2.34. The zero-order chi connectivity index (χ0) is 15.9. The molecule has 2 aromatic carbocycles. The molecule has 1 spiro atoms. The van der Waals surface area contributed by atoms with Gasteiger partial charge in [0.25, 0.3) is 0 Å². The lowest BCUT2D eigenvalue weighted by Crippen LogP contribution is -2.47. The second-order valence-electron chi connectivity index (χ2n) is 6.00. The van der Waals surface area contributed by atoms with Gasteiger partial charge in [-0.05, 0) is 49.2 Å². The molecule has 1 aliphatic carbocycles. The summed E-state index contributed by atoms with van der Waals surface area (Å²) in [5.74, 6) is -0.308. The molecule has 0 aromatic heterocycles.